The minimum atomic E-state index is -0.120. The number of hydrogen-bond donors (Lipinski definition) is 1. The second-order valence-electron chi connectivity index (χ2n) is 6.37. The molecule has 1 heterocycles. The third kappa shape index (κ3) is 4.46. The molecule has 0 aliphatic heterocycles. The van der Waals surface area contributed by atoms with E-state index in [2.05, 4.69) is 26.3 Å². The van der Waals surface area contributed by atoms with E-state index in [1.807, 2.05) is 62.4 Å². The van der Waals surface area contributed by atoms with Gasteiger partial charge in [-0.15, -0.1) is 0 Å². The van der Waals surface area contributed by atoms with E-state index in [1.165, 1.54) is 0 Å². The SMILES string of the molecule is COCc1cccc(CNC(=O)c2c(C)nn(-c3ccc(Br)cc3)c2C)c1. The van der Waals surface area contributed by atoms with E-state index in [1.54, 1.807) is 11.8 Å². The summed E-state index contributed by atoms with van der Waals surface area (Å²) in [6, 6.07) is 15.8. The first-order valence-electron chi connectivity index (χ1n) is 8.66. The lowest BCUT2D eigenvalue weighted by Crippen LogP contribution is -2.24. The predicted molar refractivity (Wildman–Crippen MR) is 109 cm³/mol. The lowest BCUT2D eigenvalue weighted by Gasteiger charge is -2.08. The quantitative estimate of drug-likeness (QED) is 0.636. The molecule has 1 aromatic heterocycles. The molecule has 0 radical (unpaired) electrons. The van der Waals surface area contributed by atoms with Crippen LogP contribution in [0.15, 0.2) is 53.0 Å². The monoisotopic (exact) mass is 427 g/mol. The summed E-state index contributed by atoms with van der Waals surface area (Å²) in [5.41, 5.74) is 5.19. The van der Waals surface area contributed by atoms with Crippen LogP contribution in [-0.2, 0) is 17.9 Å². The van der Waals surface area contributed by atoms with Gasteiger partial charge in [-0.2, -0.15) is 5.10 Å². The minimum absolute atomic E-state index is 0.120. The second kappa shape index (κ2) is 8.50. The molecular weight excluding hydrogens is 406 g/mol. The van der Waals surface area contributed by atoms with Crippen LogP contribution in [0, 0.1) is 13.8 Å². The summed E-state index contributed by atoms with van der Waals surface area (Å²) in [4.78, 5) is 12.8. The number of nitrogens with one attached hydrogen (secondary N) is 1. The van der Waals surface area contributed by atoms with Crippen molar-refractivity contribution in [1.29, 1.82) is 0 Å². The fourth-order valence-electron chi connectivity index (χ4n) is 3.07. The van der Waals surface area contributed by atoms with Gasteiger partial charge in [-0.05, 0) is 49.2 Å². The zero-order chi connectivity index (χ0) is 19.4. The summed E-state index contributed by atoms with van der Waals surface area (Å²) in [5, 5.41) is 7.55. The molecule has 27 heavy (non-hydrogen) atoms. The average Bonchev–Trinajstić information content (AvgIpc) is 2.95. The molecule has 3 rings (SSSR count). The maximum atomic E-state index is 12.8. The molecule has 5 nitrogen and oxygen atoms in total. The number of methoxy groups -OCH3 is 1. The first kappa shape index (κ1) is 19.3. The van der Waals surface area contributed by atoms with Crippen molar-refractivity contribution in [3.8, 4) is 5.69 Å². The first-order valence-corrected chi connectivity index (χ1v) is 9.46. The van der Waals surface area contributed by atoms with Gasteiger partial charge in [0.1, 0.15) is 0 Å². The molecule has 0 saturated heterocycles. The molecule has 0 bridgehead atoms. The zero-order valence-electron chi connectivity index (χ0n) is 15.6. The first-order chi connectivity index (χ1) is 13.0. The summed E-state index contributed by atoms with van der Waals surface area (Å²) in [5.74, 6) is -0.120. The highest BCUT2D eigenvalue weighted by atomic mass is 79.9. The van der Waals surface area contributed by atoms with Crippen molar-refractivity contribution >= 4 is 21.8 Å². The van der Waals surface area contributed by atoms with Crippen LogP contribution in [0.2, 0.25) is 0 Å². The van der Waals surface area contributed by atoms with Gasteiger partial charge in [-0.1, -0.05) is 40.2 Å². The number of benzene rings is 2. The van der Waals surface area contributed by atoms with Crippen LogP contribution >= 0.6 is 15.9 Å². The molecule has 0 unspecified atom stereocenters. The van der Waals surface area contributed by atoms with Crippen molar-refractivity contribution in [2.24, 2.45) is 0 Å². The Labute approximate surface area is 167 Å². The lowest BCUT2D eigenvalue weighted by molar-refractivity contribution is 0.0949. The normalized spacial score (nSPS) is 10.8. The van der Waals surface area contributed by atoms with E-state index in [0.717, 1.165) is 27.0 Å². The molecule has 0 aliphatic carbocycles. The Morgan fingerprint density at radius 1 is 1.15 bits per heavy atom. The maximum absolute atomic E-state index is 12.8. The van der Waals surface area contributed by atoms with Gasteiger partial charge < -0.3 is 10.1 Å². The molecule has 0 atom stereocenters. The number of hydrogen-bond acceptors (Lipinski definition) is 3. The lowest BCUT2D eigenvalue weighted by atomic mass is 10.1. The van der Waals surface area contributed by atoms with E-state index in [4.69, 9.17) is 4.74 Å². The maximum Gasteiger partial charge on any atom is 0.255 e. The Kier molecular flexibility index (Phi) is 6.08. The van der Waals surface area contributed by atoms with Gasteiger partial charge in [-0.3, -0.25) is 4.79 Å². The Hall–Kier alpha value is -2.44. The summed E-state index contributed by atoms with van der Waals surface area (Å²) in [6.07, 6.45) is 0. The number of ether oxygens (including phenoxy) is 1. The topological polar surface area (TPSA) is 56.1 Å². The number of aromatic nitrogens is 2. The zero-order valence-corrected chi connectivity index (χ0v) is 17.2. The minimum Gasteiger partial charge on any atom is -0.380 e. The highest BCUT2D eigenvalue weighted by molar-refractivity contribution is 9.10. The Balaban J connectivity index is 1.77. The molecular formula is C21H22BrN3O2. The molecule has 0 spiro atoms. The molecule has 140 valence electrons. The summed E-state index contributed by atoms with van der Waals surface area (Å²) in [6.45, 7) is 4.78. The van der Waals surface area contributed by atoms with Gasteiger partial charge in [0, 0.05) is 18.1 Å². The van der Waals surface area contributed by atoms with E-state index >= 15 is 0 Å². The van der Waals surface area contributed by atoms with Crippen molar-refractivity contribution in [2.45, 2.75) is 27.0 Å². The smallest absolute Gasteiger partial charge is 0.255 e. The van der Waals surface area contributed by atoms with Crippen molar-refractivity contribution < 1.29 is 9.53 Å². The third-order valence-electron chi connectivity index (χ3n) is 4.35. The molecule has 3 aromatic rings. The summed E-state index contributed by atoms with van der Waals surface area (Å²) in [7, 11) is 1.67. The van der Waals surface area contributed by atoms with Crippen LogP contribution in [0.1, 0.15) is 32.9 Å². The highest BCUT2D eigenvalue weighted by Gasteiger charge is 2.19. The van der Waals surface area contributed by atoms with Crippen LogP contribution in [0.5, 0.6) is 0 Å². The molecule has 0 aliphatic rings. The molecule has 0 fully saturated rings. The van der Waals surface area contributed by atoms with Crippen molar-refractivity contribution in [2.75, 3.05) is 7.11 Å². The van der Waals surface area contributed by atoms with Crippen LogP contribution < -0.4 is 5.32 Å². The average molecular weight is 428 g/mol. The Morgan fingerprint density at radius 3 is 2.56 bits per heavy atom. The van der Waals surface area contributed by atoms with Gasteiger partial charge in [0.25, 0.3) is 5.91 Å². The van der Waals surface area contributed by atoms with Crippen LogP contribution in [0.3, 0.4) is 0 Å². The van der Waals surface area contributed by atoms with E-state index in [-0.39, 0.29) is 5.91 Å². The van der Waals surface area contributed by atoms with Gasteiger partial charge in [0.15, 0.2) is 0 Å². The van der Waals surface area contributed by atoms with Crippen LogP contribution in [-0.4, -0.2) is 22.8 Å². The van der Waals surface area contributed by atoms with E-state index in [0.29, 0.717) is 24.4 Å². The largest absolute Gasteiger partial charge is 0.380 e. The van der Waals surface area contributed by atoms with E-state index in [9.17, 15) is 4.79 Å². The standard InChI is InChI=1S/C21H22BrN3O2/c1-14-20(15(2)25(24-14)19-9-7-18(22)8-10-19)21(26)23-12-16-5-4-6-17(11-16)13-27-3/h4-11H,12-13H2,1-3H3,(H,23,26). The summed E-state index contributed by atoms with van der Waals surface area (Å²) >= 11 is 3.44. The fraction of sp³-hybridized carbons (Fsp3) is 0.238. The van der Waals surface area contributed by atoms with Gasteiger partial charge >= 0.3 is 0 Å². The van der Waals surface area contributed by atoms with Gasteiger partial charge in [0.2, 0.25) is 0 Å². The number of nitrogens with zero attached hydrogens (tertiary/aromatic N) is 2. The molecule has 1 N–H and O–H groups in total. The number of carbonyl (C=O) groups is 1. The van der Waals surface area contributed by atoms with Crippen LogP contribution in [0.25, 0.3) is 5.69 Å². The molecule has 6 heteroatoms. The van der Waals surface area contributed by atoms with Gasteiger partial charge in [-0.25, -0.2) is 4.68 Å². The highest BCUT2D eigenvalue weighted by Crippen LogP contribution is 2.20. The summed E-state index contributed by atoms with van der Waals surface area (Å²) < 4.78 is 7.96. The number of aryl methyl sites for hydroxylation is 1. The van der Waals surface area contributed by atoms with Crippen molar-refractivity contribution in [3.05, 3.63) is 81.1 Å². The Bertz CT molecular complexity index is 949. The third-order valence-corrected chi connectivity index (χ3v) is 4.87. The second-order valence-corrected chi connectivity index (χ2v) is 7.29. The number of carbonyl (C=O) groups excluding carboxylic acids is 1. The van der Waals surface area contributed by atoms with E-state index < -0.39 is 0 Å². The predicted octanol–water partition coefficient (Wildman–Crippen LogP) is 4.33. The van der Waals surface area contributed by atoms with Crippen molar-refractivity contribution in [3.63, 3.8) is 0 Å². The van der Waals surface area contributed by atoms with Crippen LogP contribution in [0.4, 0.5) is 0 Å². The molecule has 2 aromatic carbocycles. The Morgan fingerprint density at radius 2 is 1.85 bits per heavy atom. The van der Waals surface area contributed by atoms with Crippen molar-refractivity contribution in [1.82, 2.24) is 15.1 Å². The molecule has 1 amide bonds. The van der Waals surface area contributed by atoms with Gasteiger partial charge in [0.05, 0.1) is 29.2 Å². The number of halogens is 1. The number of rotatable bonds is 6. The molecule has 0 saturated carbocycles. The number of amides is 1. The fourth-order valence-corrected chi connectivity index (χ4v) is 3.34.